The van der Waals surface area contributed by atoms with Gasteiger partial charge in [-0.3, -0.25) is 0 Å². The molecule has 0 aromatic carbocycles. The SMILES string of the molecule is O[C@@H](CBr)COCC1CCCCO1. The van der Waals surface area contributed by atoms with Crippen LogP contribution >= 0.6 is 15.9 Å². The highest BCUT2D eigenvalue weighted by atomic mass is 79.9. The molecule has 4 heteroatoms. The van der Waals surface area contributed by atoms with E-state index in [-0.39, 0.29) is 6.10 Å². The lowest BCUT2D eigenvalue weighted by atomic mass is 10.1. The molecule has 0 radical (unpaired) electrons. The van der Waals surface area contributed by atoms with E-state index in [2.05, 4.69) is 15.9 Å². The van der Waals surface area contributed by atoms with E-state index in [0.717, 1.165) is 13.0 Å². The zero-order valence-electron chi connectivity index (χ0n) is 7.75. The normalized spacial score (nSPS) is 25.8. The number of hydrogen-bond acceptors (Lipinski definition) is 3. The second kappa shape index (κ2) is 6.76. The average molecular weight is 253 g/mol. The summed E-state index contributed by atoms with van der Waals surface area (Å²) in [4.78, 5) is 0. The van der Waals surface area contributed by atoms with Crippen molar-refractivity contribution >= 4 is 15.9 Å². The zero-order valence-corrected chi connectivity index (χ0v) is 9.33. The Kier molecular flexibility index (Phi) is 5.95. The molecule has 0 bridgehead atoms. The van der Waals surface area contributed by atoms with Crippen molar-refractivity contribution in [3.63, 3.8) is 0 Å². The Labute approximate surface area is 87.5 Å². The molecule has 0 saturated carbocycles. The van der Waals surface area contributed by atoms with Crippen LogP contribution in [-0.2, 0) is 9.47 Å². The Morgan fingerprint density at radius 1 is 1.54 bits per heavy atom. The predicted octanol–water partition coefficient (Wildman–Crippen LogP) is 1.33. The Bertz CT molecular complexity index is 126. The molecule has 1 aliphatic rings. The van der Waals surface area contributed by atoms with Gasteiger partial charge in [0.15, 0.2) is 0 Å². The quantitative estimate of drug-likeness (QED) is 0.751. The summed E-state index contributed by atoms with van der Waals surface area (Å²) in [5.74, 6) is 0. The Balaban J connectivity index is 1.98. The van der Waals surface area contributed by atoms with Gasteiger partial charge in [0, 0.05) is 11.9 Å². The van der Waals surface area contributed by atoms with E-state index < -0.39 is 6.10 Å². The molecule has 1 N–H and O–H groups in total. The Morgan fingerprint density at radius 3 is 3.00 bits per heavy atom. The van der Waals surface area contributed by atoms with Crippen LogP contribution in [0.25, 0.3) is 0 Å². The van der Waals surface area contributed by atoms with Crippen LogP contribution in [0.1, 0.15) is 19.3 Å². The molecule has 1 heterocycles. The second-order valence-corrected chi connectivity index (χ2v) is 3.98. The van der Waals surface area contributed by atoms with E-state index >= 15 is 0 Å². The molecule has 0 spiro atoms. The van der Waals surface area contributed by atoms with Gasteiger partial charge in [-0.15, -0.1) is 0 Å². The summed E-state index contributed by atoms with van der Waals surface area (Å²) in [5.41, 5.74) is 0. The first-order chi connectivity index (χ1) is 6.33. The highest BCUT2D eigenvalue weighted by Crippen LogP contribution is 2.12. The van der Waals surface area contributed by atoms with Crippen LogP contribution < -0.4 is 0 Å². The third-order valence-corrected chi connectivity index (χ3v) is 2.81. The molecular weight excluding hydrogens is 236 g/mol. The predicted molar refractivity (Wildman–Crippen MR) is 54.2 cm³/mol. The average Bonchev–Trinajstić information content (AvgIpc) is 2.19. The van der Waals surface area contributed by atoms with Gasteiger partial charge in [-0.2, -0.15) is 0 Å². The number of aliphatic hydroxyl groups excluding tert-OH is 1. The lowest BCUT2D eigenvalue weighted by Gasteiger charge is -2.22. The summed E-state index contributed by atoms with van der Waals surface area (Å²) >= 11 is 3.18. The largest absolute Gasteiger partial charge is 0.390 e. The van der Waals surface area contributed by atoms with Gasteiger partial charge in [0.05, 0.1) is 25.4 Å². The van der Waals surface area contributed by atoms with Crippen LogP contribution in [0.5, 0.6) is 0 Å². The summed E-state index contributed by atoms with van der Waals surface area (Å²) in [6.45, 7) is 1.87. The van der Waals surface area contributed by atoms with Crippen molar-refractivity contribution in [1.29, 1.82) is 0 Å². The van der Waals surface area contributed by atoms with Crippen molar-refractivity contribution in [2.75, 3.05) is 25.2 Å². The van der Waals surface area contributed by atoms with Crippen LogP contribution in [0, 0.1) is 0 Å². The molecule has 0 aliphatic carbocycles. The van der Waals surface area contributed by atoms with Crippen LogP contribution in [0.3, 0.4) is 0 Å². The van der Waals surface area contributed by atoms with Crippen LogP contribution in [0.4, 0.5) is 0 Å². The highest BCUT2D eigenvalue weighted by Gasteiger charge is 2.14. The zero-order chi connectivity index (χ0) is 9.52. The molecule has 13 heavy (non-hydrogen) atoms. The van der Waals surface area contributed by atoms with Gasteiger partial charge < -0.3 is 14.6 Å². The van der Waals surface area contributed by atoms with E-state index in [4.69, 9.17) is 9.47 Å². The van der Waals surface area contributed by atoms with Crippen molar-refractivity contribution < 1.29 is 14.6 Å². The fourth-order valence-electron chi connectivity index (χ4n) is 1.32. The molecule has 78 valence electrons. The van der Waals surface area contributed by atoms with Crippen molar-refractivity contribution in [1.82, 2.24) is 0 Å². The third kappa shape index (κ3) is 4.96. The minimum Gasteiger partial charge on any atom is -0.390 e. The van der Waals surface area contributed by atoms with Gasteiger partial charge in [0.1, 0.15) is 0 Å². The molecule has 0 amide bonds. The van der Waals surface area contributed by atoms with Crippen LogP contribution in [-0.4, -0.2) is 42.5 Å². The van der Waals surface area contributed by atoms with Crippen molar-refractivity contribution in [3.8, 4) is 0 Å². The van der Waals surface area contributed by atoms with Gasteiger partial charge in [-0.25, -0.2) is 0 Å². The fourth-order valence-corrected chi connectivity index (χ4v) is 1.51. The van der Waals surface area contributed by atoms with E-state index in [9.17, 15) is 5.11 Å². The minimum absolute atomic E-state index is 0.247. The topological polar surface area (TPSA) is 38.7 Å². The maximum absolute atomic E-state index is 9.17. The van der Waals surface area contributed by atoms with Gasteiger partial charge in [-0.05, 0) is 19.3 Å². The molecule has 1 fully saturated rings. The molecule has 1 aliphatic heterocycles. The smallest absolute Gasteiger partial charge is 0.0870 e. The Morgan fingerprint density at radius 2 is 2.38 bits per heavy atom. The van der Waals surface area contributed by atoms with Crippen molar-refractivity contribution in [2.45, 2.75) is 31.5 Å². The van der Waals surface area contributed by atoms with E-state index in [1.54, 1.807) is 0 Å². The maximum Gasteiger partial charge on any atom is 0.0870 e. The summed E-state index contributed by atoms with van der Waals surface area (Å²) < 4.78 is 10.8. The van der Waals surface area contributed by atoms with E-state index in [0.29, 0.717) is 18.5 Å². The number of ether oxygens (including phenoxy) is 2. The summed E-state index contributed by atoms with van der Waals surface area (Å²) in [5, 5.41) is 9.74. The monoisotopic (exact) mass is 252 g/mol. The molecule has 1 unspecified atom stereocenters. The standard InChI is InChI=1S/C9H17BrO3/c10-5-8(11)6-12-7-9-3-1-2-4-13-9/h8-9,11H,1-7H2/t8-,9?/m0/s1. The van der Waals surface area contributed by atoms with Gasteiger partial charge in [0.2, 0.25) is 0 Å². The number of alkyl halides is 1. The summed E-state index contributed by atoms with van der Waals surface area (Å²) in [6.07, 6.45) is 3.33. The maximum atomic E-state index is 9.17. The molecule has 0 aromatic rings. The lowest BCUT2D eigenvalue weighted by molar-refractivity contribution is -0.0540. The van der Waals surface area contributed by atoms with E-state index in [1.807, 2.05) is 0 Å². The molecule has 3 nitrogen and oxygen atoms in total. The van der Waals surface area contributed by atoms with Crippen LogP contribution in [0.15, 0.2) is 0 Å². The highest BCUT2D eigenvalue weighted by molar-refractivity contribution is 9.09. The van der Waals surface area contributed by atoms with Crippen molar-refractivity contribution in [3.05, 3.63) is 0 Å². The first-order valence-corrected chi connectivity index (χ1v) is 5.88. The fraction of sp³-hybridized carbons (Fsp3) is 1.00. The summed E-state index contributed by atoms with van der Waals surface area (Å²) in [6, 6.07) is 0. The lowest BCUT2D eigenvalue weighted by Crippen LogP contribution is -2.27. The van der Waals surface area contributed by atoms with Gasteiger partial charge in [-0.1, -0.05) is 15.9 Å². The van der Waals surface area contributed by atoms with Crippen LogP contribution in [0.2, 0.25) is 0 Å². The Hall–Kier alpha value is 0.360. The summed E-state index contributed by atoms with van der Waals surface area (Å²) in [7, 11) is 0. The molecular formula is C9H17BrO3. The number of hydrogen-bond donors (Lipinski definition) is 1. The molecule has 0 aromatic heterocycles. The molecule has 2 atom stereocenters. The third-order valence-electron chi connectivity index (χ3n) is 2.07. The molecule has 1 rings (SSSR count). The van der Waals surface area contributed by atoms with Gasteiger partial charge >= 0.3 is 0 Å². The first kappa shape index (κ1) is 11.4. The minimum atomic E-state index is -0.399. The number of aliphatic hydroxyl groups is 1. The number of rotatable bonds is 5. The molecule has 1 saturated heterocycles. The second-order valence-electron chi connectivity index (χ2n) is 3.33. The van der Waals surface area contributed by atoms with E-state index in [1.165, 1.54) is 12.8 Å². The van der Waals surface area contributed by atoms with Gasteiger partial charge in [0.25, 0.3) is 0 Å². The first-order valence-electron chi connectivity index (χ1n) is 4.76. The van der Waals surface area contributed by atoms with Crippen molar-refractivity contribution in [2.24, 2.45) is 0 Å². The number of halogens is 1.